The number of methoxy groups -OCH3 is 2. The first-order chi connectivity index (χ1) is 8.56. The van der Waals surface area contributed by atoms with Gasteiger partial charge in [0.15, 0.2) is 0 Å². The van der Waals surface area contributed by atoms with E-state index < -0.39 is 11.6 Å². The van der Waals surface area contributed by atoms with E-state index >= 15 is 0 Å². The van der Waals surface area contributed by atoms with Gasteiger partial charge in [-0.25, -0.2) is 9.59 Å². The van der Waals surface area contributed by atoms with Gasteiger partial charge in [0.25, 0.3) is 0 Å². The van der Waals surface area contributed by atoms with Crippen molar-refractivity contribution in [3.05, 3.63) is 39.7 Å². The average Bonchev–Trinajstić information content (AvgIpc) is 2.38. The molecule has 94 valence electrons. The second kappa shape index (κ2) is 4.52. The number of aryl methyl sites for hydroxylation is 1. The third-order valence-electron chi connectivity index (χ3n) is 2.63. The molecule has 18 heavy (non-hydrogen) atoms. The van der Waals surface area contributed by atoms with Crippen LogP contribution in [0.25, 0.3) is 11.0 Å². The van der Waals surface area contributed by atoms with E-state index in [1.54, 1.807) is 19.1 Å². The molecule has 1 aromatic heterocycles. The third kappa shape index (κ3) is 1.95. The smallest absolute Gasteiger partial charge is 0.341 e. The first-order valence-electron chi connectivity index (χ1n) is 5.27. The molecule has 5 nitrogen and oxygen atoms in total. The van der Waals surface area contributed by atoms with E-state index in [4.69, 9.17) is 9.15 Å². The first kappa shape index (κ1) is 12.2. The Morgan fingerprint density at radius 1 is 1.22 bits per heavy atom. The quantitative estimate of drug-likeness (QED) is 0.599. The second-order valence-electron chi connectivity index (χ2n) is 3.80. The highest BCUT2D eigenvalue weighted by molar-refractivity contribution is 5.97. The first-order valence-corrected chi connectivity index (χ1v) is 5.27. The van der Waals surface area contributed by atoms with E-state index in [0.717, 1.165) is 0 Å². The number of hydrogen-bond donors (Lipinski definition) is 0. The molecule has 0 aliphatic heterocycles. The summed E-state index contributed by atoms with van der Waals surface area (Å²) in [6, 6.07) is 4.77. The molecular formula is C13H12O5. The largest absolute Gasteiger partial charge is 0.496 e. The van der Waals surface area contributed by atoms with E-state index in [9.17, 15) is 9.59 Å². The maximum absolute atomic E-state index is 11.6. The van der Waals surface area contributed by atoms with Crippen LogP contribution >= 0.6 is 0 Å². The van der Waals surface area contributed by atoms with E-state index in [-0.39, 0.29) is 5.56 Å². The Hall–Kier alpha value is -2.30. The highest BCUT2D eigenvalue weighted by atomic mass is 16.5. The zero-order valence-corrected chi connectivity index (χ0v) is 10.3. The normalized spacial score (nSPS) is 10.4. The monoisotopic (exact) mass is 248 g/mol. The summed E-state index contributed by atoms with van der Waals surface area (Å²) in [5, 5.41) is 0.691. The molecule has 2 aromatic rings. The van der Waals surface area contributed by atoms with Crippen LogP contribution in [0.2, 0.25) is 0 Å². The highest BCUT2D eigenvalue weighted by Gasteiger charge is 2.15. The molecule has 0 aliphatic carbocycles. The predicted molar refractivity (Wildman–Crippen MR) is 65.1 cm³/mol. The summed E-state index contributed by atoms with van der Waals surface area (Å²) in [7, 11) is 2.73. The molecule has 0 aliphatic rings. The number of carbonyl (C=O) groups excluding carboxylic acids is 1. The van der Waals surface area contributed by atoms with Crippen LogP contribution < -0.4 is 10.4 Å². The molecule has 0 spiro atoms. The average molecular weight is 248 g/mol. The Labute approximate surface area is 103 Å². The lowest BCUT2D eigenvalue weighted by Gasteiger charge is -2.08. The highest BCUT2D eigenvalue weighted by Crippen LogP contribution is 2.26. The summed E-state index contributed by atoms with van der Waals surface area (Å²) in [5.74, 6) is -0.167. The summed E-state index contributed by atoms with van der Waals surface area (Å²) in [4.78, 5) is 23.0. The minimum absolute atomic E-state index is 0.222. The fourth-order valence-electron chi connectivity index (χ4n) is 1.69. The van der Waals surface area contributed by atoms with Crippen molar-refractivity contribution in [1.29, 1.82) is 0 Å². The van der Waals surface area contributed by atoms with Crippen molar-refractivity contribution < 1.29 is 18.7 Å². The van der Waals surface area contributed by atoms with Gasteiger partial charge < -0.3 is 13.9 Å². The standard InChI is InChI=1S/C13H12O5/c1-7-4-8-5-11(16-2)9(13(15)17-3)6-10(8)18-12(7)14/h4-6H,1-3H3. The Morgan fingerprint density at radius 2 is 1.94 bits per heavy atom. The van der Waals surface area contributed by atoms with Crippen LogP contribution in [0.5, 0.6) is 5.75 Å². The zero-order valence-electron chi connectivity index (χ0n) is 10.3. The molecule has 0 saturated heterocycles. The van der Waals surface area contributed by atoms with Crippen LogP contribution in [-0.2, 0) is 4.74 Å². The van der Waals surface area contributed by atoms with E-state index in [0.29, 0.717) is 22.3 Å². The van der Waals surface area contributed by atoms with Gasteiger partial charge in [-0.05, 0) is 25.1 Å². The van der Waals surface area contributed by atoms with Crippen molar-refractivity contribution in [3.63, 3.8) is 0 Å². The molecule has 0 amide bonds. The minimum Gasteiger partial charge on any atom is -0.496 e. The summed E-state index contributed by atoms with van der Waals surface area (Å²) >= 11 is 0. The van der Waals surface area contributed by atoms with Crippen LogP contribution in [0.3, 0.4) is 0 Å². The van der Waals surface area contributed by atoms with Crippen LogP contribution in [0.4, 0.5) is 0 Å². The maximum atomic E-state index is 11.6. The van der Waals surface area contributed by atoms with Gasteiger partial charge in [0.05, 0.1) is 14.2 Å². The Kier molecular flexibility index (Phi) is 3.06. The van der Waals surface area contributed by atoms with Crippen LogP contribution in [-0.4, -0.2) is 20.2 Å². The van der Waals surface area contributed by atoms with Crippen molar-refractivity contribution in [1.82, 2.24) is 0 Å². The van der Waals surface area contributed by atoms with Gasteiger partial charge in [-0.3, -0.25) is 0 Å². The number of ether oxygens (including phenoxy) is 2. The maximum Gasteiger partial charge on any atom is 0.341 e. The molecule has 5 heteroatoms. The molecule has 2 rings (SSSR count). The number of benzene rings is 1. The van der Waals surface area contributed by atoms with E-state index in [2.05, 4.69) is 4.74 Å². The Bertz CT molecular complexity index is 669. The van der Waals surface area contributed by atoms with Crippen molar-refractivity contribution in [2.75, 3.05) is 14.2 Å². The summed E-state index contributed by atoms with van der Waals surface area (Å²) in [6.07, 6.45) is 0. The van der Waals surface area contributed by atoms with Gasteiger partial charge in [0, 0.05) is 10.9 Å². The minimum atomic E-state index is -0.544. The van der Waals surface area contributed by atoms with Gasteiger partial charge in [0.1, 0.15) is 16.9 Å². The summed E-state index contributed by atoms with van der Waals surface area (Å²) in [6.45, 7) is 1.66. The van der Waals surface area contributed by atoms with Gasteiger partial charge in [-0.2, -0.15) is 0 Å². The van der Waals surface area contributed by atoms with E-state index in [1.807, 2.05) is 0 Å². The van der Waals surface area contributed by atoms with Crippen LogP contribution in [0.15, 0.2) is 27.4 Å². The molecule has 0 bridgehead atoms. The van der Waals surface area contributed by atoms with Crippen LogP contribution in [0.1, 0.15) is 15.9 Å². The third-order valence-corrected chi connectivity index (χ3v) is 2.63. The Morgan fingerprint density at radius 3 is 2.56 bits per heavy atom. The Balaban J connectivity index is 2.77. The number of fused-ring (bicyclic) bond motifs is 1. The molecule has 0 atom stereocenters. The molecule has 0 radical (unpaired) electrons. The van der Waals surface area contributed by atoms with Gasteiger partial charge >= 0.3 is 11.6 Å². The molecular weight excluding hydrogens is 236 g/mol. The van der Waals surface area contributed by atoms with Gasteiger partial charge in [0.2, 0.25) is 0 Å². The number of hydrogen-bond acceptors (Lipinski definition) is 5. The van der Waals surface area contributed by atoms with Gasteiger partial charge in [-0.15, -0.1) is 0 Å². The second-order valence-corrected chi connectivity index (χ2v) is 3.80. The molecule has 0 saturated carbocycles. The lowest BCUT2D eigenvalue weighted by atomic mass is 10.1. The van der Waals surface area contributed by atoms with E-state index in [1.165, 1.54) is 20.3 Å². The molecule has 0 unspecified atom stereocenters. The molecule has 0 fully saturated rings. The fraction of sp³-hybridized carbons (Fsp3) is 0.231. The molecule has 1 aromatic carbocycles. The molecule has 0 N–H and O–H groups in total. The summed E-state index contributed by atoms with van der Waals surface area (Å²) < 4.78 is 14.9. The number of carbonyl (C=O) groups is 1. The fourth-order valence-corrected chi connectivity index (χ4v) is 1.69. The van der Waals surface area contributed by atoms with Gasteiger partial charge in [-0.1, -0.05) is 0 Å². The number of rotatable bonds is 2. The molecule has 1 heterocycles. The topological polar surface area (TPSA) is 65.7 Å². The van der Waals surface area contributed by atoms with Crippen molar-refractivity contribution >= 4 is 16.9 Å². The van der Waals surface area contributed by atoms with Crippen molar-refractivity contribution in [3.8, 4) is 5.75 Å². The lowest BCUT2D eigenvalue weighted by Crippen LogP contribution is -2.06. The summed E-state index contributed by atoms with van der Waals surface area (Å²) in [5.41, 5.74) is 0.616. The van der Waals surface area contributed by atoms with Crippen LogP contribution in [0, 0.1) is 6.92 Å². The zero-order chi connectivity index (χ0) is 13.3. The number of esters is 1. The lowest BCUT2D eigenvalue weighted by molar-refractivity contribution is 0.0597. The predicted octanol–water partition coefficient (Wildman–Crippen LogP) is 1.90. The van der Waals surface area contributed by atoms with Crippen molar-refractivity contribution in [2.45, 2.75) is 6.92 Å². The van der Waals surface area contributed by atoms with Crippen molar-refractivity contribution in [2.24, 2.45) is 0 Å². The SMILES string of the molecule is COC(=O)c1cc2oc(=O)c(C)cc2cc1OC.